The third-order valence-electron chi connectivity index (χ3n) is 6.27. The number of nitrogens with two attached hydrogens (primary N) is 1. The van der Waals surface area contributed by atoms with Crippen LogP contribution in [0.1, 0.15) is 29.3 Å². The first kappa shape index (κ1) is 19.2. The number of rotatable bonds is 1. The lowest BCUT2D eigenvalue weighted by molar-refractivity contribution is -0.129. The van der Waals surface area contributed by atoms with Gasteiger partial charge in [-0.1, -0.05) is 12.1 Å². The van der Waals surface area contributed by atoms with Gasteiger partial charge in [0.25, 0.3) is 5.91 Å². The summed E-state index contributed by atoms with van der Waals surface area (Å²) in [7, 11) is 0. The summed E-state index contributed by atoms with van der Waals surface area (Å²) in [4.78, 5) is 37.0. The summed E-state index contributed by atoms with van der Waals surface area (Å²) in [6.45, 7) is 1.34. The maximum Gasteiger partial charge on any atom is 0.256 e. The van der Waals surface area contributed by atoms with Gasteiger partial charge in [-0.3, -0.25) is 14.4 Å². The molecule has 3 aliphatic carbocycles. The molecule has 9 heteroatoms. The van der Waals surface area contributed by atoms with Crippen LogP contribution in [0.3, 0.4) is 0 Å². The predicted octanol–water partition coefficient (Wildman–Crippen LogP) is 0.101. The molecule has 1 aromatic carbocycles. The van der Waals surface area contributed by atoms with Crippen molar-refractivity contribution < 1.29 is 39.9 Å². The molecule has 152 valence electrons. The van der Waals surface area contributed by atoms with Crippen molar-refractivity contribution in [3.8, 4) is 5.75 Å². The molecule has 0 aromatic heterocycles. The molecule has 3 aliphatic rings. The number of carbonyl (C=O) groups excluding carboxylic acids is 3. The number of benzene rings is 1. The van der Waals surface area contributed by atoms with Gasteiger partial charge in [0.1, 0.15) is 22.8 Å². The number of ketones is 2. The molecule has 0 unspecified atom stereocenters. The number of hydrogen-bond donors (Lipinski definition) is 6. The highest BCUT2D eigenvalue weighted by Gasteiger charge is 2.60. The molecule has 0 fully saturated rings. The summed E-state index contributed by atoms with van der Waals surface area (Å²) in [5, 5.41) is 53.8. The van der Waals surface area contributed by atoms with Crippen LogP contribution in [0.25, 0.3) is 0 Å². The van der Waals surface area contributed by atoms with E-state index >= 15 is 0 Å². The quantitative estimate of drug-likeness (QED) is 0.359. The molecule has 0 radical (unpaired) electrons. The Bertz CT molecular complexity index is 1050. The third-order valence-corrected chi connectivity index (χ3v) is 6.27. The van der Waals surface area contributed by atoms with Gasteiger partial charge in [-0.25, -0.2) is 0 Å². The van der Waals surface area contributed by atoms with Gasteiger partial charge in [0, 0.05) is 23.8 Å². The van der Waals surface area contributed by atoms with Crippen LogP contribution in [-0.4, -0.2) is 49.1 Å². The van der Waals surface area contributed by atoms with E-state index in [2.05, 4.69) is 0 Å². The van der Waals surface area contributed by atoms with Crippen molar-refractivity contribution >= 4 is 17.5 Å². The van der Waals surface area contributed by atoms with E-state index in [-0.39, 0.29) is 16.7 Å². The molecule has 0 bridgehead atoms. The van der Waals surface area contributed by atoms with E-state index in [1.165, 1.54) is 25.1 Å². The number of primary amides is 1. The molecule has 1 amide bonds. The minimum Gasteiger partial charge on any atom is -0.511 e. The van der Waals surface area contributed by atoms with E-state index in [1.807, 2.05) is 0 Å². The average molecular weight is 401 g/mol. The van der Waals surface area contributed by atoms with E-state index in [0.717, 1.165) is 0 Å². The van der Waals surface area contributed by atoms with Gasteiger partial charge in [0.15, 0.2) is 11.6 Å². The zero-order chi connectivity index (χ0) is 21.4. The van der Waals surface area contributed by atoms with Crippen LogP contribution in [0.2, 0.25) is 0 Å². The van der Waals surface area contributed by atoms with Crippen LogP contribution in [-0.2, 0) is 15.2 Å². The fourth-order valence-electron chi connectivity index (χ4n) is 4.99. The van der Waals surface area contributed by atoms with Crippen molar-refractivity contribution in [3.05, 3.63) is 52.0 Å². The van der Waals surface area contributed by atoms with Gasteiger partial charge < -0.3 is 31.3 Å². The second-order valence-corrected chi connectivity index (χ2v) is 7.83. The van der Waals surface area contributed by atoms with Gasteiger partial charge in [-0.2, -0.15) is 0 Å². The maximum absolute atomic E-state index is 13.1. The van der Waals surface area contributed by atoms with Crippen LogP contribution in [0.4, 0.5) is 0 Å². The Morgan fingerprint density at radius 1 is 1.21 bits per heavy atom. The number of Topliss-reactive ketones (excluding diaryl/α,β-unsaturated/α-hetero) is 2. The summed E-state index contributed by atoms with van der Waals surface area (Å²) >= 11 is 0. The Morgan fingerprint density at radius 3 is 2.48 bits per heavy atom. The highest BCUT2D eigenvalue weighted by atomic mass is 16.3. The SMILES string of the molecule is C[C@@]1(O)c2cccc(O)c2C(=O)[C@@H]2C(O)=C3C(O)=C(C(N)=O)C(=O)C[C@@H]3[C@@H](O)[C@@H]21. The lowest BCUT2D eigenvalue weighted by atomic mass is 9.56. The molecule has 0 heterocycles. The summed E-state index contributed by atoms with van der Waals surface area (Å²) in [5.41, 5.74) is 2.14. The monoisotopic (exact) mass is 401 g/mol. The van der Waals surface area contributed by atoms with Crippen molar-refractivity contribution in [2.75, 3.05) is 0 Å². The van der Waals surface area contributed by atoms with Crippen molar-refractivity contribution in [2.45, 2.75) is 25.0 Å². The normalized spacial score (nSPS) is 33.9. The fourth-order valence-corrected chi connectivity index (χ4v) is 4.99. The van der Waals surface area contributed by atoms with Crippen molar-refractivity contribution in [1.29, 1.82) is 0 Å². The van der Waals surface area contributed by atoms with E-state index in [4.69, 9.17) is 5.73 Å². The maximum atomic E-state index is 13.1. The van der Waals surface area contributed by atoms with Crippen LogP contribution >= 0.6 is 0 Å². The first-order chi connectivity index (χ1) is 13.5. The van der Waals surface area contributed by atoms with Gasteiger partial charge in [-0.15, -0.1) is 0 Å². The Balaban J connectivity index is 2.02. The van der Waals surface area contributed by atoms with Crippen molar-refractivity contribution in [3.63, 3.8) is 0 Å². The molecule has 0 saturated heterocycles. The zero-order valence-electron chi connectivity index (χ0n) is 15.3. The first-order valence-corrected chi connectivity index (χ1v) is 8.96. The molecule has 5 atom stereocenters. The number of hydrogen-bond acceptors (Lipinski definition) is 8. The van der Waals surface area contributed by atoms with E-state index in [0.29, 0.717) is 0 Å². The largest absolute Gasteiger partial charge is 0.511 e. The Kier molecular flexibility index (Phi) is 3.91. The lowest BCUT2D eigenvalue weighted by Gasteiger charge is -2.50. The van der Waals surface area contributed by atoms with Gasteiger partial charge >= 0.3 is 0 Å². The van der Waals surface area contributed by atoms with E-state index in [1.54, 1.807) is 0 Å². The second-order valence-electron chi connectivity index (χ2n) is 7.83. The molecule has 4 rings (SSSR count). The van der Waals surface area contributed by atoms with Crippen molar-refractivity contribution in [1.82, 2.24) is 0 Å². The van der Waals surface area contributed by atoms with Crippen LogP contribution in [0, 0.1) is 17.8 Å². The molecule has 0 saturated carbocycles. The molecule has 0 aliphatic heterocycles. The summed E-state index contributed by atoms with van der Waals surface area (Å²) < 4.78 is 0. The van der Waals surface area contributed by atoms with Gasteiger partial charge in [-0.05, 0) is 18.6 Å². The average Bonchev–Trinajstić information content (AvgIpc) is 2.61. The fraction of sp³-hybridized carbons (Fsp3) is 0.350. The number of amides is 1. The topological polar surface area (TPSA) is 178 Å². The molecule has 7 N–H and O–H groups in total. The number of phenols is 1. The highest BCUT2D eigenvalue weighted by Crippen LogP contribution is 2.55. The van der Waals surface area contributed by atoms with Gasteiger partial charge in [0.05, 0.1) is 23.2 Å². The minimum atomic E-state index is -1.85. The minimum absolute atomic E-state index is 0.0822. The summed E-state index contributed by atoms with van der Waals surface area (Å²) in [6, 6.07) is 4.12. The Hall–Kier alpha value is -3.17. The zero-order valence-corrected chi connectivity index (χ0v) is 15.3. The number of fused-ring (bicyclic) bond motifs is 3. The van der Waals surface area contributed by atoms with Crippen molar-refractivity contribution in [2.24, 2.45) is 23.5 Å². The lowest BCUT2D eigenvalue weighted by Crippen LogP contribution is -2.57. The number of phenolic OH excluding ortho intramolecular Hbond substituents is 1. The Morgan fingerprint density at radius 2 is 1.86 bits per heavy atom. The van der Waals surface area contributed by atoms with Gasteiger partial charge in [0.2, 0.25) is 0 Å². The number of allylic oxidation sites excluding steroid dienone is 2. The van der Waals surface area contributed by atoms with Crippen LogP contribution in [0.15, 0.2) is 40.9 Å². The number of aromatic hydroxyl groups is 1. The number of aliphatic hydroxyl groups excluding tert-OH is 3. The first-order valence-electron chi connectivity index (χ1n) is 8.96. The third kappa shape index (κ3) is 2.31. The molecule has 1 aromatic rings. The second kappa shape index (κ2) is 5.91. The molecule has 9 nitrogen and oxygen atoms in total. The highest BCUT2D eigenvalue weighted by molar-refractivity contribution is 6.20. The van der Waals surface area contributed by atoms with Crippen LogP contribution in [0.5, 0.6) is 5.75 Å². The molecule has 29 heavy (non-hydrogen) atoms. The van der Waals surface area contributed by atoms with E-state index in [9.17, 15) is 39.9 Å². The predicted molar refractivity (Wildman–Crippen MR) is 96.6 cm³/mol. The molecular formula is C20H19NO8. The number of aliphatic hydroxyl groups is 4. The summed E-state index contributed by atoms with van der Waals surface area (Å²) in [6.07, 6.45) is -1.95. The smallest absolute Gasteiger partial charge is 0.256 e. The van der Waals surface area contributed by atoms with E-state index < -0.39 is 76.2 Å². The molecule has 0 spiro atoms. The molecular weight excluding hydrogens is 382 g/mol. The number of carbonyl (C=O) groups is 3. The van der Waals surface area contributed by atoms with Crippen LogP contribution < -0.4 is 5.73 Å². The summed E-state index contributed by atoms with van der Waals surface area (Å²) in [5.74, 6) is -8.64. The standard InChI is InChI=1S/C20H19NO8/c1-20(29)7-3-2-4-8(22)11(7)18(27)13-14(20)15(24)6-5-9(23)12(19(21)28)16(25)10(6)17(13)26/h2-4,6,13-15,22,24-26,29H,5H2,1H3,(H2,21,28)/t6-,13-,14+,15+,20+/m0/s1. The Labute approximate surface area is 164 Å².